The number of nitrogens with two attached hydrogens (primary N) is 1. The quantitative estimate of drug-likeness (QED) is 0.160. The number of para-hydroxylation sites is 1. The number of hydrogen-bond acceptors (Lipinski definition) is 6. The number of carbonyl (C=O) groups excluding carboxylic acids is 3. The minimum atomic E-state index is -1.47. The average molecular weight is 558 g/mol. The van der Waals surface area contributed by atoms with Gasteiger partial charge in [-0.05, 0) is 24.1 Å². The van der Waals surface area contributed by atoms with Crippen LogP contribution in [-0.2, 0) is 26.5 Å². The Kier molecular flexibility index (Phi) is 8.37. The molecule has 0 aliphatic carbocycles. The normalized spacial score (nSPS) is 17.3. The van der Waals surface area contributed by atoms with E-state index in [2.05, 4.69) is 5.32 Å². The predicted molar refractivity (Wildman–Crippen MR) is 150 cm³/mol. The Bertz CT molecular complexity index is 1480. The van der Waals surface area contributed by atoms with Crippen LogP contribution in [0.3, 0.4) is 0 Å². The summed E-state index contributed by atoms with van der Waals surface area (Å²) in [4.78, 5) is 54.8. The van der Waals surface area contributed by atoms with Gasteiger partial charge >= 0.3 is 12.0 Å². The first-order chi connectivity index (χ1) is 19.6. The number of imide groups is 1. The summed E-state index contributed by atoms with van der Waals surface area (Å²) < 4.78 is 5.34. The lowest BCUT2D eigenvalue weighted by molar-refractivity contribution is -0.139. The minimum Gasteiger partial charge on any atom is -0.496 e. The summed E-state index contributed by atoms with van der Waals surface area (Å²) in [5.74, 6) is -2.22. The van der Waals surface area contributed by atoms with Gasteiger partial charge in [-0.2, -0.15) is 0 Å². The van der Waals surface area contributed by atoms with E-state index in [0.29, 0.717) is 22.4 Å². The Morgan fingerprint density at radius 2 is 1.66 bits per heavy atom. The molecule has 1 aliphatic rings. The first kappa shape index (κ1) is 28.8. The number of nitrogens with one attached hydrogen (secondary N) is 2. The molecule has 0 aromatic heterocycles. The molecular formula is C30H31N5O6. The van der Waals surface area contributed by atoms with E-state index >= 15 is 0 Å². The number of nitrogens with zero attached hydrogens (tertiary/aromatic N) is 2. The standard InChI is InChI=1S/C30H31N5O6/c1-30(21-14-12-20(13-15-21)27(31)32)28(39)34(29(40)35(30)17-19-8-4-3-5-9-19)18-25(36)33-23(16-26(37)38)22-10-6-7-11-24(22)41-2/h3-15,23H,16-18H2,1-2H3,(H3,31,32)(H,33,36)(H,37,38). The fourth-order valence-electron chi connectivity index (χ4n) is 4.94. The van der Waals surface area contributed by atoms with Crippen LogP contribution in [-0.4, -0.2) is 58.2 Å². The number of benzene rings is 3. The molecule has 1 fully saturated rings. The van der Waals surface area contributed by atoms with Crippen molar-refractivity contribution in [1.82, 2.24) is 15.1 Å². The number of hydrogen-bond donors (Lipinski definition) is 4. The van der Waals surface area contributed by atoms with Crippen LogP contribution in [0.25, 0.3) is 0 Å². The van der Waals surface area contributed by atoms with E-state index in [1.54, 1.807) is 55.5 Å². The molecule has 2 unspecified atom stereocenters. The molecule has 4 rings (SSSR count). The molecule has 2 atom stereocenters. The van der Waals surface area contributed by atoms with Crippen molar-refractivity contribution in [3.8, 4) is 5.75 Å². The van der Waals surface area contributed by atoms with Crippen LogP contribution in [0.1, 0.15) is 41.6 Å². The Morgan fingerprint density at radius 1 is 1.02 bits per heavy atom. The highest BCUT2D eigenvalue weighted by molar-refractivity contribution is 6.09. The van der Waals surface area contributed by atoms with E-state index in [0.717, 1.165) is 10.5 Å². The van der Waals surface area contributed by atoms with Crippen LogP contribution >= 0.6 is 0 Å². The zero-order valence-electron chi connectivity index (χ0n) is 22.7. The second-order valence-corrected chi connectivity index (χ2v) is 9.77. The Balaban J connectivity index is 1.65. The second-order valence-electron chi connectivity index (χ2n) is 9.77. The number of carboxylic acids is 1. The minimum absolute atomic E-state index is 0.0946. The van der Waals surface area contributed by atoms with Crippen LogP contribution in [0.2, 0.25) is 0 Å². The topological polar surface area (TPSA) is 166 Å². The molecule has 0 radical (unpaired) electrons. The molecule has 0 bridgehead atoms. The molecule has 1 saturated heterocycles. The van der Waals surface area contributed by atoms with Crippen LogP contribution in [0.5, 0.6) is 5.75 Å². The summed E-state index contributed by atoms with van der Waals surface area (Å²) in [6, 6.07) is 20.7. The van der Waals surface area contributed by atoms with E-state index < -0.39 is 48.4 Å². The van der Waals surface area contributed by atoms with Crippen molar-refractivity contribution in [3.05, 3.63) is 101 Å². The summed E-state index contributed by atoms with van der Waals surface area (Å²) in [7, 11) is 1.44. The maximum atomic E-state index is 13.9. The van der Waals surface area contributed by atoms with Crippen molar-refractivity contribution in [3.63, 3.8) is 0 Å². The largest absolute Gasteiger partial charge is 0.496 e. The summed E-state index contributed by atoms with van der Waals surface area (Å²) >= 11 is 0. The molecular weight excluding hydrogens is 526 g/mol. The number of rotatable bonds is 11. The smallest absolute Gasteiger partial charge is 0.328 e. The third kappa shape index (κ3) is 5.88. The number of carboxylic acid groups (broad SMARTS) is 1. The molecule has 11 heteroatoms. The lowest BCUT2D eigenvalue weighted by atomic mass is 9.89. The molecule has 41 heavy (non-hydrogen) atoms. The molecule has 0 spiro atoms. The summed E-state index contributed by atoms with van der Waals surface area (Å²) in [6.45, 7) is 1.09. The predicted octanol–water partition coefficient (Wildman–Crippen LogP) is 2.99. The first-order valence-electron chi connectivity index (χ1n) is 12.8. The molecule has 1 heterocycles. The van der Waals surface area contributed by atoms with E-state index in [4.69, 9.17) is 15.9 Å². The summed E-state index contributed by atoms with van der Waals surface area (Å²) in [6.07, 6.45) is -0.436. The number of amides is 4. The Morgan fingerprint density at radius 3 is 2.27 bits per heavy atom. The number of urea groups is 1. The number of carbonyl (C=O) groups is 4. The highest BCUT2D eigenvalue weighted by Gasteiger charge is 2.55. The highest BCUT2D eigenvalue weighted by atomic mass is 16.5. The lowest BCUT2D eigenvalue weighted by Gasteiger charge is -2.32. The molecule has 3 aromatic rings. The van der Waals surface area contributed by atoms with E-state index in [9.17, 15) is 24.3 Å². The molecule has 5 N–H and O–H groups in total. The average Bonchev–Trinajstić information content (AvgIpc) is 3.14. The number of ether oxygens (including phenoxy) is 1. The van der Waals surface area contributed by atoms with Crippen LogP contribution < -0.4 is 15.8 Å². The number of methoxy groups -OCH3 is 1. The van der Waals surface area contributed by atoms with Crippen LogP contribution in [0.4, 0.5) is 4.79 Å². The number of nitrogen functional groups attached to an aromatic ring is 1. The third-order valence-corrected chi connectivity index (χ3v) is 7.13. The van der Waals surface area contributed by atoms with Gasteiger partial charge in [0.2, 0.25) is 5.91 Å². The van der Waals surface area contributed by atoms with Gasteiger partial charge in [0.25, 0.3) is 5.91 Å². The van der Waals surface area contributed by atoms with E-state index in [1.165, 1.54) is 12.0 Å². The fraction of sp³-hybridized carbons (Fsp3) is 0.233. The van der Waals surface area contributed by atoms with Gasteiger partial charge in [-0.25, -0.2) is 4.79 Å². The monoisotopic (exact) mass is 557 g/mol. The van der Waals surface area contributed by atoms with Crippen molar-refractivity contribution in [1.29, 1.82) is 5.41 Å². The SMILES string of the molecule is COc1ccccc1C(CC(=O)O)NC(=O)CN1C(=O)N(Cc2ccccc2)C(C)(c2ccc(C(=N)N)cc2)C1=O. The van der Waals surface area contributed by atoms with Gasteiger partial charge in [0.1, 0.15) is 23.7 Å². The maximum absolute atomic E-state index is 13.9. The zero-order valence-corrected chi connectivity index (χ0v) is 22.7. The molecule has 1 aliphatic heterocycles. The molecule has 11 nitrogen and oxygen atoms in total. The third-order valence-electron chi connectivity index (χ3n) is 7.13. The van der Waals surface area contributed by atoms with Crippen molar-refractivity contribution in [2.24, 2.45) is 5.73 Å². The molecule has 212 valence electrons. The zero-order chi connectivity index (χ0) is 29.7. The van der Waals surface area contributed by atoms with Gasteiger partial charge in [0, 0.05) is 17.7 Å². The number of amidine groups is 1. The van der Waals surface area contributed by atoms with E-state index in [-0.39, 0.29) is 12.4 Å². The fourth-order valence-corrected chi connectivity index (χ4v) is 4.94. The van der Waals surface area contributed by atoms with Crippen LogP contribution in [0.15, 0.2) is 78.9 Å². The summed E-state index contributed by atoms with van der Waals surface area (Å²) in [5.41, 5.74) is 6.30. The maximum Gasteiger partial charge on any atom is 0.328 e. The van der Waals surface area contributed by atoms with Crippen molar-refractivity contribution in [2.75, 3.05) is 13.7 Å². The number of aliphatic carboxylic acids is 1. The van der Waals surface area contributed by atoms with E-state index in [1.807, 2.05) is 30.3 Å². The van der Waals surface area contributed by atoms with Gasteiger partial charge in [0.05, 0.1) is 19.6 Å². The summed E-state index contributed by atoms with van der Waals surface area (Å²) in [5, 5.41) is 19.8. The van der Waals surface area contributed by atoms with Crippen molar-refractivity contribution in [2.45, 2.75) is 31.5 Å². The highest BCUT2D eigenvalue weighted by Crippen LogP contribution is 2.38. The molecule has 3 aromatic carbocycles. The Hall–Kier alpha value is -5.19. The van der Waals surface area contributed by atoms with Gasteiger partial charge in [-0.3, -0.25) is 24.7 Å². The molecule has 0 saturated carbocycles. The molecule has 4 amide bonds. The van der Waals surface area contributed by atoms with Crippen LogP contribution in [0, 0.1) is 5.41 Å². The Labute approximate surface area is 237 Å². The first-order valence-corrected chi connectivity index (χ1v) is 12.8. The van der Waals surface area contributed by atoms with Crippen molar-refractivity contribution < 1.29 is 29.0 Å². The van der Waals surface area contributed by atoms with Gasteiger partial charge in [-0.15, -0.1) is 0 Å². The van der Waals surface area contributed by atoms with Gasteiger partial charge in [0.15, 0.2) is 0 Å². The lowest BCUT2D eigenvalue weighted by Crippen LogP contribution is -2.44. The van der Waals surface area contributed by atoms with Gasteiger partial charge in [-0.1, -0.05) is 72.8 Å². The van der Waals surface area contributed by atoms with Crippen molar-refractivity contribution >= 4 is 29.7 Å². The second kappa shape index (κ2) is 11.9. The van der Waals surface area contributed by atoms with Gasteiger partial charge < -0.3 is 25.8 Å².